The van der Waals surface area contributed by atoms with Gasteiger partial charge >= 0.3 is 5.97 Å². The van der Waals surface area contributed by atoms with Crippen LogP contribution in [-0.4, -0.2) is 11.6 Å². The van der Waals surface area contributed by atoms with E-state index >= 15 is 0 Å². The highest BCUT2D eigenvalue weighted by Gasteiger charge is 2.19. The number of esters is 1. The molecule has 0 aliphatic rings. The Morgan fingerprint density at radius 3 is 2.35 bits per heavy atom. The number of ether oxygens (including phenoxy) is 1. The molecular formula is C14H21NO2. The van der Waals surface area contributed by atoms with Gasteiger partial charge in [0.2, 0.25) is 0 Å². The van der Waals surface area contributed by atoms with Crippen LogP contribution < -0.4 is 5.73 Å². The van der Waals surface area contributed by atoms with Crippen molar-refractivity contribution < 1.29 is 9.53 Å². The van der Waals surface area contributed by atoms with Gasteiger partial charge in [-0.05, 0) is 51.8 Å². The standard InChI is InChI=1S/C14H21NO2/c1-9-8-11(10(2)15)6-7-12(9)13(16)17-14(3,4)5/h6-8,10H,15H2,1-5H3/t10-/m1/s1. The van der Waals surface area contributed by atoms with Crippen LogP contribution in [0.4, 0.5) is 0 Å². The molecule has 0 bridgehead atoms. The third kappa shape index (κ3) is 3.86. The van der Waals surface area contributed by atoms with E-state index in [-0.39, 0.29) is 12.0 Å². The van der Waals surface area contributed by atoms with E-state index in [0.717, 1.165) is 11.1 Å². The van der Waals surface area contributed by atoms with E-state index in [2.05, 4.69) is 0 Å². The van der Waals surface area contributed by atoms with Gasteiger partial charge in [-0.25, -0.2) is 4.79 Å². The Bertz CT molecular complexity index is 417. The van der Waals surface area contributed by atoms with Gasteiger partial charge in [-0.1, -0.05) is 12.1 Å². The summed E-state index contributed by atoms with van der Waals surface area (Å²) in [4.78, 5) is 11.9. The molecule has 0 aliphatic heterocycles. The molecule has 3 heteroatoms. The summed E-state index contributed by atoms with van der Waals surface area (Å²) in [6, 6.07) is 5.56. The second-order valence-corrected chi connectivity index (χ2v) is 5.36. The molecule has 0 fully saturated rings. The van der Waals surface area contributed by atoms with Crippen molar-refractivity contribution in [1.82, 2.24) is 0 Å². The molecule has 1 aromatic carbocycles. The number of hydrogen-bond acceptors (Lipinski definition) is 3. The lowest BCUT2D eigenvalue weighted by atomic mass is 10.0. The number of rotatable bonds is 2. The van der Waals surface area contributed by atoms with Gasteiger partial charge in [-0.2, -0.15) is 0 Å². The summed E-state index contributed by atoms with van der Waals surface area (Å²) in [6.45, 7) is 9.39. The van der Waals surface area contributed by atoms with Gasteiger partial charge in [-0.15, -0.1) is 0 Å². The Balaban J connectivity index is 2.96. The van der Waals surface area contributed by atoms with Crippen LogP contribution in [-0.2, 0) is 4.74 Å². The number of hydrogen-bond donors (Lipinski definition) is 1. The van der Waals surface area contributed by atoms with Crippen LogP contribution in [0.1, 0.15) is 55.2 Å². The van der Waals surface area contributed by atoms with Crippen LogP contribution in [0.25, 0.3) is 0 Å². The molecule has 3 nitrogen and oxygen atoms in total. The van der Waals surface area contributed by atoms with E-state index in [1.54, 1.807) is 6.07 Å². The minimum Gasteiger partial charge on any atom is -0.456 e. The molecule has 0 radical (unpaired) electrons. The van der Waals surface area contributed by atoms with Crippen LogP contribution in [0.15, 0.2) is 18.2 Å². The number of carbonyl (C=O) groups is 1. The quantitative estimate of drug-likeness (QED) is 0.802. The highest BCUT2D eigenvalue weighted by molar-refractivity contribution is 5.91. The van der Waals surface area contributed by atoms with E-state index in [1.807, 2.05) is 46.8 Å². The fourth-order valence-electron chi connectivity index (χ4n) is 1.53. The highest BCUT2D eigenvalue weighted by atomic mass is 16.6. The molecule has 0 spiro atoms. The van der Waals surface area contributed by atoms with E-state index in [4.69, 9.17) is 10.5 Å². The van der Waals surface area contributed by atoms with Crippen molar-refractivity contribution in [3.63, 3.8) is 0 Å². The van der Waals surface area contributed by atoms with Crippen molar-refractivity contribution >= 4 is 5.97 Å². The SMILES string of the molecule is Cc1cc([C@@H](C)N)ccc1C(=O)OC(C)(C)C. The van der Waals surface area contributed by atoms with Gasteiger partial charge in [0, 0.05) is 6.04 Å². The first kappa shape index (κ1) is 13.7. The van der Waals surface area contributed by atoms with Gasteiger partial charge in [0.05, 0.1) is 5.56 Å². The number of aryl methyl sites for hydroxylation is 1. The van der Waals surface area contributed by atoms with Gasteiger partial charge in [0.15, 0.2) is 0 Å². The Labute approximate surface area is 103 Å². The average Bonchev–Trinajstić information content (AvgIpc) is 2.14. The first-order valence-electron chi connectivity index (χ1n) is 5.80. The molecule has 1 atom stereocenters. The molecule has 1 rings (SSSR count). The van der Waals surface area contributed by atoms with E-state index in [0.29, 0.717) is 5.56 Å². The zero-order valence-electron chi connectivity index (χ0n) is 11.2. The summed E-state index contributed by atoms with van der Waals surface area (Å²) in [6.07, 6.45) is 0. The van der Waals surface area contributed by atoms with E-state index in [1.165, 1.54) is 0 Å². The molecule has 0 saturated heterocycles. The zero-order chi connectivity index (χ0) is 13.2. The minimum atomic E-state index is -0.469. The van der Waals surface area contributed by atoms with Crippen molar-refractivity contribution in [1.29, 1.82) is 0 Å². The number of benzene rings is 1. The van der Waals surface area contributed by atoms with Crippen molar-refractivity contribution in [3.8, 4) is 0 Å². The van der Waals surface area contributed by atoms with Gasteiger partial charge in [0.1, 0.15) is 5.60 Å². The molecule has 94 valence electrons. The zero-order valence-corrected chi connectivity index (χ0v) is 11.2. The van der Waals surface area contributed by atoms with E-state index in [9.17, 15) is 4.79 Å². The Hall–Kier alpha value is -1.35. The molecule has 17 heavy (non-hydrogen) atoms. The minimum absolute atomic E-state index is 0.0265. The Morgan fingerprint density at radius 2 is 1.94 bits per heavy atom. The van der Waals surface area contributed by atoms with Crippen LogP contribution in [0.3, 0.4) is 0 Å². The lowest BCUT2D eigenvalue weighted by molar-refractivity contribution is 0.00687. The second-order valence-electron chi connectivity index (χ2n) is 5.36. The van der Waals surface area contributed by atoms with Crippen molar-refractivity contribution in [2.75, 3.05) is 0 Å². The molecule has 0 heterocycles. The van der Waals surface area contributed by atoms with Gasteiger partial charge in [-0.3, -0.25) is 0 Å². The topological polar surface area (TPSA) is 52.3 Å². The monoisotopic (exact) mass is 235 g/mol. The lowest BCUT2D eigenvalue weighted by Gasteiger charge is -2.20. The first-order chi connectivity index (χ1) is 7.70. The maximum absolute atomic E-state index is 11.9. The van der Waals surface area contributed by atoms with Crippen molar-refractivity contribution in [2.24, 2.45) is 5.73 Å². The summed E-state index contributed by atoms with van der Waals surface area (Å²) in [5, 5.41) is 0. The van der Waals surface area contributed by atoms with Crippen molar-refractivity contribution in [2.45, 2.75) is 46.3 Å². The maximum atomic E-state index is 11.9. The lowest BCUT2D eigenvalue weighted by Crippen LogP contribution is -2.24. The predicted octanol–water partition coefficient (Wildman–Crippen LogP) is 2.97. The third-order valence-electron chi connectivity index (χ3n) is 2.40. The molecule has 0 aliphatic carbocycles. The number of nitrogens with two attached hydrogens (primary N) is 1. The molecule has 0 saturated carbocycles. The van der Waals surface area contributed by atoms with Crippen LogP contribution in [0.2, 0.25) is 0 Å². The molecule has 1 aromatic rings. The Kier molecular flexibility index (Phi) is 3.94. The van der Waals surface area contributed by atoms with Crippen molar-refractivity contribution in [3.05, 3.63) is 34.9 Å². The predicted molar refractivity (Wildman–Crippen MR) is 68.9 cm³/mol. The molecule has 2 N–H and O–H groups in total. The largest absolute Gasteiger partial charge is 0.456 e. The summed E-state index contributed by atoms with van der Waals surface area (Å²) in [5.41, 5.74) is 7.85. The average molecular weight is 235 g/mol. The fraction of sp³-hybridized carbons (Fsp3) is 0.500. The summed E-state index contributed by atoms with van der Waals surface area (Å²) < 4.78 is 5.33. The molecule has 0 unspecified atom stereocenters. The molecule has 0 aromatic heterocycles. The maximum Gasteiger partial charge on any atom is 0.338 e. The normalized spacial score (nSPS) is 13.3. The van der Waals surface area contributed by atoms with Gasteiger partial charge in [0.25, 0.3) is 0 Å². The van der Waals surface area contributed by atoms with Crippen LogP contribution in [0, 0.1) is 6.92 Å². The first-order valence-corrected chi connectivity index (χ1v) is 5.80. The summed E-state index contributed by atoms with van der Waals surface area (Å²) >= 11 is 0. The third-order valence-corrected chi connectivity index (χ3v) is 2.40. The van der Waals surface area contributed by atoms with Gasteiger partial charge < -0.3 is 10.5 Å². The summed E-state index contributed by atoms with van der Waals surface area (Å²) in [5.74, 6) is -0.286. The summed E-state index contributed by atoms with van der Waals surface area (Å²) in [7, 11) is 0. The fourth-order valence-corrected chi connectivity index (χ4v) is 1.53. The molecular weight excluding hydrogens is 214 g/mol. The van der Waals surface area contributed by atoms with E-state index < -0.39 is 5.60 Å². The highest BCUT2D eigenvalue weighted by Crippen LogP contribution is 2.18. The number of carbonyl (C=O) groups excluding carboxylic acids is 1. The molecule has 0 amide bonds. The van der Waals surface area contributed by atoms with Crippen LogP contribution in [0.5, 0.6) is 0 Å². The second kappa shape index (κ2) is 4.88. The Morgan fingerprint density at radius 1 is 1.35 bits per heavy atom. The van der Waals surface area contributed by atoms with Crippen LogP contribution >= 0.6 is 0 Å². The smallest absolute Gasteiger partial charge is 0.338 e.